The Kier molecular flexibility index (Phi) is 9.52. The van der Waals surface area contributed by atoms with E-state index >= 15 is 0 Å². The SMILES string of the molecule is CN(C)S(=O)(=O)N1Cc2c(CN3CCCCC3)nn(C)c2C1.O=CO.O=CO. The van der Waals surface area contributed by atoms with Gasteiger partial charge in [-0.3, -0.25) is 19.2 Å². The van der Waals surface area contributed by atoms with E-state index in [1.807, 2.05) is 11.7 Å². The van der Waals surface area contributed by atoms with Crippen molar-refractivity contribution in [3.8, 4) is 0 Å². The Morgan fingerprint density at radius 2 is 1.61 bits per heavy atom. The van der Waals surface area contributed by atoms with Gasteiger partial charge in [0.25, 0.3) is 23.2 Å². The number of aryl methyl sites for hydroxylation is 1. The topological polar surface area (TPSA) is 136 Å². The van der Waals surface area contributed by atoms with E-state index in [1.165, 1.54) is 27.9 Å². The third kappa shape index (κ3) is 5.99. The molecule has 3 heterocycles. The number of aromatic nitrogens is 2. The van der Waals surface area contributed by atoms with E-state index in [4.69, 9.17) is 19.8 Å². The highest BCUT2D eigenvalue weighted by Crippen LogP contribution is 2.29. The van der Waals surface area contributed by atoms with Crippen LogP contribution >= 0.6 is 0 Å². The number of carbonyl (C=O) groups is 2. The van der Waals surface area contributed by atoms with E-state index in [2.05, 4.69) is 10.00 Å². The first-order valence-electron chi connectivity index (χ1n) is 8.82. The first-order chi connectivity index (χ1) is 13.2. The van der Waals surface area contributed by atoms with Crippen LogP contribution in [0.15, 0.2) is 0 Å². The largest absolute Gasteiger partial charge is 0.483 e. The van der Waals surface area contributed by atoms with Gasteiger partial charge in [0.2, 0.25) is 0 Å². The van der Waals surface area contributed by atoms with Crippen molar-refractivity contribution < 1.29 is 28.2 Å². The van der Waals surface area contributed by atoms with Crippen LogP contribution in [0.25, 0.3) is 0 Å². The zero-order valence-electron chi connectivity index (χ0n) is 16.5. The highest BCUT2D eigenvalue weighted by atomic mass is 32.2. The van der Waals surface area contributed by atoms with Gasteiger partial charge in [-0.2, -0.15) is 22.1 Å². The van der Waals surface area contributed by atoms with Crippen molar-refractivity contribution in [1.82, 2.24) is 23.3 Å². The van der Waals surface area contributed by atoms with Crippen LogP contribution in [-0.2, 0) is 46.5 Å². The fourth-order valence-corrected chi connectivity index (χ4v) is 4.33. The van der Waals surface area contributed by atoms with Gasteiger partial charge in [-0.25, -0.2) is 0 Å². The summed E-state index contributed by atoms with van der Waals surface area (Å²) in [6.45, 7) is 3.42. The minimum absolute atomic E-state index is 0.250. The van der Waals surface area contributed by atoms with E-state index in [0.717, 1.165) is 36.6 Å². The standard InChI is InChI=1S/C14H25N5O2S.2CH2O2/c1-16(2)22(20,21)19-9-12-13(15-17(3)14(12)11-19)10-18-7-5-4-6-8-18;2*2-1-3/h4-11H2,1-3H3;2*1H,(H,2,3). The molecule has 0 aromatic carbocycles. The summed E-state index contributed by atoms with van der Waals surface area (Å²) < 4.78 is 29.3. The molecule has 160 valence electrons. The Morgan fingerprint density at radius 3 is 2.11 bits per heavy atom. The summed E-state index contributed by atoms with van der Waals surface area (Å²) in [5, 5.41) is 18.4. The molecular weight excluding hydrogens is 390 g/mol. The fourth-order valence-electron chi connectivity index (χ4n) is 3.29. The average Bonchev–Trinajstić information content (AvgIpc) is 3.19. The molecule has 0 radical (unpaired) electrons. The van der Waals surface area contributed by atoms with Crippen molar-refractivity contribution >= 4 is 23.2 Å². The molecular formula is C16H29N5O6S. The maximum Gasteiger partial charge on any atom is 0.290 e. The number of hydrogen-bond acceptors (Lipinski definition) is 6. The molecule has 12 heteroatoms. The Bertz CT molecular complexity index is 737. The molecule has 2 N–H and O–H groups in total. The molecule has 0 unspecified atom stereocenters. The lowest BCUT2D eigenvalue weighted by Gasteiger charge is -2.26. The van der Waals surface area contributed by atoms with Crippen LogP contribution in [0, 0.1) is 0 Å². The van der Waals surface area contributed by atoms with Crippen LogP contribution in [0.3, 0.4) is 0 Å². The van der Waals surface area contributed by atoms with E-state index in [9.17, 15) is 8.42 Å². The molecule has 0 spiro atoms. The van der Waals surface area contributed by atoms with Crippen LogP contribution in [-0.4, -0.2) is 82.1 Å². The van der Waals surface area contributed by atoms with Gasteiger partial charge < -0.3 is 10.2 Å². The Labute approximate surface area is 165 Å². The van der Waals surface area contributed by atoms with Crippen LogP contribution < -0.4 is 0 Å². The summed E-state index contributed by atoms with van der Waals surface area (Å²) >= 11 is 0. The number of rotatable bonds is 4. The van der Waals surface area contributed by atoms with Crippen LogP contribution in [0.5, 0.6) is 0 Å². The molecule has 11 nitrogen and oxygen atoms in total. The molecule has 1 aromatic heterocycles. The summed E-state index contributed by atoms with van der Waals surface area (Å²) in [7, 11) is 1.69. The molecule has 2 aliphatic rings. The van der Waals surface area contributed by atoms with Gasteiger partial charge in [-0.05, 0) is 25.9 Å². The molecule has 0 aliphatic carbocycles. The zero-order chi connectivity index (χ0) is 21.3. The minimum Gasteiger partial charge on any atom is -0.483 e. The first-order valence-corrected chi connectivity index (χ1v) is 10.2. The average molecular weight is 420 g/mol. The number of carboxylic acid groups (broad SMARTS) is 2. The van der Waals surface area contributed by atoms with Crippen LogP contribution in [0.4, 0.5) is 0 Å². The van der Waals surface area contributed by atoms with Gasteiger partial charge in [0.05, 0.1) is 17.9 Å². The number of hydrogen-bond donors (Lipinski definition) is 2. The highest BCUT2D eigenvalue weighted by molar-refractivity contribution is 7.86. The Morgan fingerprint density at radius 1 is 1.07 bits per heavy atom. The smallest absolute Gasteiger partial charge is 0.290 e. The summed E-state index contributed by atoms with van der Waals surface area (Å²) in [6, 6.07) is 0. The second-order valence-electron chi connectivity index (χ2n) is 6.60. The lowest BCUT2D eigenvalue weighted by Crippen LogP contribution is -2.37. The molecule has 3 rings (SSSR count). The number of fused-ring (bicyclic) bond motifs is 1. The van der Waals surface area contributed by atoms with Crippen molar-refractivity contribution in [2.24, 2.45) is 7.05 Å². The second kappa shape index (κ2) is 11.1. The number of likely N-dealkylation sites (tertiary alicyclic amines) is 1. The zero-order valence-corrected chi connectivity index (χ0v) is 17.3. The Hall–Kier alpha value is -2.02. The van der Waals surface area contributed by atoms with Gasteiger partial charge in [-0.15, -0.1) is 0 Å². The Balaban J connectivity index is 0.000000582. The van der Waals surface area contributed by atoms with Crippen molar-refractivity contribution in [2.45, 2.75) is 38.9 Å². The number of piperidine rings is 1. The molecule has 0 saturated carbocycles. The first kappa shape index (κ1) is 24.0. The summed E-state index contributed by atoms with van der Waals surface area (Å²) in [4.78, 5) is 19.1. The van der Waals surface area contributed by atoms with Gasteiger partial charge in [0.1, 0.15) is 0 Å². The third-order valence-electron chi connectivity index (χ3n) is 4.63. The lowest BCUT2D eigenvalue weighted by atomic mass is 10.1. The lowest BCUT2D eigenvalue weighted by molar-refractivity contribution is -0.123. The van der Waals surface area contributed by atoms with Crippen molar-refractivity contribution in [3.05, 3.63) is 17.0 Å². The molecule has 1 aromatic rings. The quantitative estimate of drug-likeness (QED) is 0.647. The minimum atomic E-state index is -3.37. The van der Waals surface area contributed by atoms with Crippen LogP contribution in [0.2, 0.25) is 0 Å². The molecule has 1 fully saturated rings. The van der Waals surface area contributed by atoms with Gasteiger partial charge in [0.15, 0.2) is 0 Å². The third-order valence-corrected chi connectivity index (χ3v) is 6.46. The van der Waals surface area contributed by atoms with Gasteiger partial charge >= 0.3 is 0 Å². The van der Waals surface area contributed by atoms with Gasteiger partial charge in [-0.1, -0.05) is 6.42 Å². The highest BCUT2D eigenvalue weighted by Gasteiger charge is 2.35. The molecule has 28 heavy (non-hydrogen) atoms. The van der Waals surface area contributed by atoms with Crippen molar-refractivity contribution in [2.75, 3.05) is 27.2 Å². The summed E-state index contributed by atoms with van der Waals surface area (Å²) in [5.74, 6) is 0. The van der Waals surface area contributed by atoms with E-state index in [0.29, 0.717) is 13.1 Å². The summed E-state index contributed by atoms with van der Waals surface area (Å²) in [6.07, 6.45) is 3.80. The fraction of sp³-hybridized carbons (Fsp3) is 0.688. The van der Waals surface area contributed by atoms with Crippen molar-refractivity contribution in [3.63, 3.8) is 0 Å². The predicted molar refractivity (Wildman–Crippen MR) is 102 cm³/mol. The van der Waals surface area contributed by atoms with E-state index in [1.54, 1.807) is 14.1 Å². The van der Waals surface area contributed by atoms with Crippen LogP contribution in [0.1, 0.15) is 36.2 Å². The predicted octanol–water partition coefficient (Wildman–Crippen LogP) is -0.0704. The van der Waals surface area contributed by atoms with E-state index < -0.39 is 10.2 Å². The normalized spacial score (nSPS) is 17.1. The molecule has 0 atom stereocenters. The van der Waals surface area contributed by atoms with E-state index in [-0.39, 0.29) is 12.9 Å². The van der Waals surface area contributed by atoms with Gasteiger partial charge in [0, 0.05) is 39.8 Å². The molecule has 2 aliphatic heterocycles. The molecule has 1 saturated heterocycles. The molecule has 0 bridgehead atoms. The second-order valence-corrected chi connectivity index (χ2v) is 8.74. The maximum absolute atomic E-state index is 12.3. The monoisotopic (exact) mass is 419 g/mol. The van der Waals surface area contributed by atoms with Crippen molar-refractivity contribution in [1.29, 1.82) is 0 Å². The summed E-state index contributed by atoms with van der Waals surface area (Å²) in [5.41, 5.74) is 3.16. The molecule has 0 amide bonds. The number of nitrogens with zero attached hydrogens (tertiary/aromatic N) is 5. The maximum atomic E-state index is 12.3.